The molecule has 1 aliphatic heterocycles. The Hall–Kier alpha value is -3.30. The molecule has 1 unspecified atom stereocenters. The van der Waals surface area contributed by atoms with Gasteiger partial charge in [0.2, 0.25) is 11.8 Å². The molecule has 0 saturated carbocycles. The number of nitro groups is 1. The molecule has 2 aromatic carbocycles. The highest BCUT2D eigenvalue weighted by Gasteiger charge is 2.33. The van der Waals surface area contributed by atoms with Crippen LogP contribution in [0.25, 0.3) is 0 Å². The first kappa shape index (κ1) is 25.3. The average Bonchev–Trinajstić information content (AvgIpc) is 2.84. The van der Waals surface area contributed by atoms with E-state index < -0.39 is 11.0 Å². The fraction of sp³-hybridized carbons (Fsp3) is 0.440. The number of methoxy groups -OCH3 is 1. The lowest BCUT2D eigenvalue weighted by molar-refractivity contribution is -0.384. The fourth-order valence-corrected chi connectivity index (χ4v) is 4.26. The summed E-state index contributed by atoms with van der Waals surface area (Å²) in [5.41, 5.74) is 1.58. The van der Waals surface area contributed by atoms with Crippen molar-refractivity contribution in [2.75, 3.05) is 38.7 Å². The third-order valence-electron chi connectivity index (χ3n) is 6.06. The Morgan fingerprint density at radius 3 is 2.53 bits per heavy atom. The maximum atomic E-state index is 13.4. The maximum Gasteiger partial charge on any atom is 0.293 e. The third kappa shape index (κ3) is 6.61. The van der Waals surface area contributed by atoms with Crippen molar-refractivity contribution in [3.63, 3.8) is 0 Å². The molecule has 1 aliphatic rings. The number of carbonyl (C=O) groups excluding carboxylic acids is 2. The van der Waals surface area contributed by atoms with Crippen molar-refractivity contribution >= 4 is 23.2 Å². The van der Waals surface area contributed by atoms with Crippen molar-refractivity contribution in [1.29, 1.82) is 0 Å². The number of hydrogen-bond acceptors (Lipinski definition) is 6. The first-order valence-electron chi connectivity index (χ1n) is 11.5. The summed E-state index contributed by atoms with van der Waals surface area (Å²) >= 11 is 0. The summed E-state index contributed by atoms with van der Waals surface area (Å²) in [5.74, 6) is -0.399. The van der Waals surface area contributed by atoms with E-state index in [-0.39, 0.29) is 29.1 Å². The number of ether oxygens (including phenoxy) is 1. The maximum absolute atomic E-state index is 13.4. The summed E-state index contributed by atoms with van der Waals surface area (Å²) in [5, 5.41) is 17.2. The van der Waals surface area contributed by atoms with Crippen LogP contribution in [0, 0.1) is 23.0 Å². The molecule has 0 spiro atoms. The molecular formula is C25H32N4O5. The van der Waals surface area contributed by atoms with E-state index >= 15 is 0 Å². The molecular weight excluding hydrogens is 436 g/mol. The van der Waals surface area contributed by atoms with Crippen molar-refractivity contribution < 1.29 is 19.2 Å². The average molecular weight is 469 g/mol. The number of benzene rings is 2. The summed E-state index contributed by atoms with van der Waals surface area (Å²) in [6.07, 6.45) is 2.04. The first-order valence-corrected chi connectivity index (χ1v) is 11.5. The van der Waals surface area contributed by atoms with Gasteiger partial charge < -0.3 is 15.4 Å². The molecule has 9 heteroatoms. The normalized spacial score (nSPS) is 15.5. The van der Waals surface area contributed by atoms with E-state index in [1.54, 1.807) is 26.2 Å². The van der Waals surface area contributed by atoms with Crippen LogP contribution < -0.4 is 10.6 Å². The van der Waals surface area contributed by atoms with Gasteiger partial charge in [-0.2, -0.15) is 0 Å². The van der Waals surface area contributed by atoms with Crippen LogP contribution in [0.15, 0.2) is 48.5 Å². The van der Waals surface area contributed by atoms with E-state index in [1.165, 1.54) is 6.07 Å². The quantitative estimate of drug-likeness (QED) is 0.314. The van der Waals surface area contributed by atoms with Crippen molar-refractivity contribution in [3.8, 4) is 0 Å². The van der Waals surface area contributed by atoms with E-state index in [9.17, 15) is 19.7 Å². The van der Waals surface area contributed by atoms with Gasteiger partial charge in [-0.15, -0.1) is 0 Å². The number of piperidine rings is 1. The van der Waals surface area contributed by atoms with E-state index in [0.29, 0.717) is 39.1 Å². The van der Waals surface area contributed by atoms with Crippen LogP contribution in [-0.2, 0) is 14.3 Å². The molecule has 0 aromatic heterocycles. The van der Waals surface area contributed by atoms with E-state index in [2.05, 4.69) is 10.6 Å². The topological polar surface area (TPSA) is 114 Å². The van der Waals surface area contributed by atoms with Gasteiger partial charge in [0, 0.05) is 32.2 Å². The minimum atomic E-state index is -0.618. The zero-order valence-corrected chi connectivity index (χ0v) is 19.7. The van der Waals surface area contributed by atoms with E-state index in [1.807, 2.05) is 35.2 Å². The van der Waals surface area contributed by atoms with Crippen molar-refractivity contribution in [2.45, 2.75) is 32.2 Å². The van der Waals surface area contributed by atoms with Gasteiger partial charge in [-0.05, 0) is 56.5 Å². The SMILES string of the molecule is COCCCNC(=O)C1CCN(C(C(=O)Nc2ccc(C)cc2[N+](=O)[O-])c2ccccc2)CC1. The van der Waals surface area contributed by atoms with Crippen LogP contribution in [0.1, 0.15) is 36.4 Å². The number of carbonyl (C=O) groups is 2. The Morgan fingerprint density at radius 2 is 1.88 bits per heavy atom. The van der Waals surface area contributed by atoms with Gasteiger partial charge in [-0.25, -0.2) is 0 Å². The highest BCUT2D eigenvalue weighted by Crippen LogP contribution is 2.31. The van der Waals surface area contributed by atoms with Gasteiger partial charge in [-0.3, -0.25) is 24.6 Å². The van der Waals surface area contributed by atoms with Gasteiger partial charge >= 0.3 is 0 Å². The zero-order chi connectivity index (χ0) is 24.5. The summed E-state index contributed by atoms with van der Waals surface area (Å²) in [6.45, 7) is 4.09. The molecule has 2 N–H and O–H groups in total. The van der Waals surface area contributed by atoms with Crippen LogP contribution >= 0.6 is 0 Å². The summed E-state index contributed by atoms with van der Waals surface area (Å²) in [6, 6.07) is 13.5. The largest absolute Gasteiger partial charge is 0.385 e. The standard InChI is InChI=1S/C25H32N4O5/c1-18-9-10-21(22(17-18)29(32)33)27-25(31)23(19-7-4-3-5-8-19)28-14-11-20(12-15-28)24(30)26-13-6-16-34-2/h3-5,7-10,17,20,23H,6,11-16H2,1-2H3,(H,26,30)(H,27,31). The van der Waals surface area contributed by atoms with Gasteiger partial charge in [0.25, 0.3) is 5.69 Å². The second-order valence-corrected chi connectivity index (χ2v) is 8.53. The second-order valence-electron chi connectivity index (χ2n) is 8.53. The lowest BCUT2D eigenvalue weighted by atomic mass is 9.93. The number of rotatable bonds is 10. The number of aryl methyl sites for hydroxylation is 1. The predicted octanol–water partition coefficient (Wildman–Crippen LogP) is 3.45. The minimum Gasteiger partial charge on any atom is -0.385 e. The first-order chi connectivity index (χ1) is 16.4. The molecule has 0 aliphatic carbocycles. The van der Waals surface area contributed by atoms with Crippen molar-refractivity contribution in [1.82, 2.24) is 10.2 Å². The third-order valence-corrected chi connectivity index (χ3v) is 6.06. The van der Waals surface area contributed by atoms with Crippen LogP contribution in [0.4, 0.5) is 11.4 Å². The molecule has 9 nitrogen and oxygen atoms in total. The molecule has 0 radical (unpaired) electrons. The number of nitrogens with zero attached hydrogens (tertiary/aromatic N) is 2. The summed E-state index contributed by atoms with van der Waals surface area (Å²) in [7, 11) is 1.63. The van der Waals surface area contributed by atoms with Gasteiger partial charge in [-0.1, -0.05) is 36.4 Å². The Balaban J connectivity index is 1.72. The molecule has 1 atom stereocenters. The van der Waals surface area contributed by atoms with Crippen LogP contribution in [0.3, 0.4) is 0 Å². The van der Waals surface area contributed by atoms with Crippen LogP contribution in [-0.4, -0.2) is 55.0 Å². The highest BCUT2D eigenvalue weighted by molar-refractivity contribution is 5.97. The molecule has 2 aromatic rings. The van der Waals surface area contributed by atoms with Crippen molar-refractivity contribution in [2.24, 2.45) is 5.92 Å². The molecule has 2 amide bonds. The van der Waals surface area contributed by atoms with E-state index in [4.69, 9.17) is 4.74 Å². The van der Waals surface area contributed by atoms with Crippen molar-refractivity contribution in [3.05, 3.63) is 69.8 Å². The van der Waals surface area contributed by atoms with Gasteiger partial charge in [0.1, 0.15) is 11.7 Å². The van der Waals surface area contributed by atoms with Gasteiger partial charge in [0.15, 0.2) is 0 Å². The number of anilines is 1. The lowest BCUT2D eigenvalue weighted by Gasteiger charge is -2.36. The summed E-state index contributed by atoms with van der Waals surface area (Å²) in [4.78, 5) is 39.0. The number of nitro benzene ring substituents is 1. The molecule has 34 heavy (non-hydrogen) atoms. The second kappa shape index (κ2) is 12.2. The Labute approximate surface area is 199 Å². The predicted molar refractivity (Wildman–Crippen MR) is 129 cm³/mol. The number of hydrogen-bond donors (Lipinski definition) is 2. The smallest absolute Gasteiger partial charge is 0.293 e. The molecule has 0 bridgehead atoms. The number of amides is 2. The number of likely N-dealkylation sites (tertiary alicyclic amines) is 1. The monoisotopic (exact) mass is 468 g/mol. The van der Waals surface area contributed by atoms with Crippen LogP contribution in [0.5, 0.6) is 0 Å². The summed E-state index contributed by atoms with van der Waals surface area (Å²) < 4.78 is 5.01. The molecule has 1 fully saturated rings. The Kier molecular flexibility index (Phi) is 9.12. The highest BCUT2D eigenvalue weighted by atomic mass is 16.6. The lowest BCUT2D eigenvalue weighted by Crippen LogP contribution is -2.45. The molecule has 182 valence electrons. The number of nitrogens with one attached hydrogen (secondary N) is 2. The van der Waals surface area contributed by atoms with E-state index in [0.717, 1.165) is 17.5 Å². The Morgan fingerprint density at radius 1 is 1.18 bits per heavy atom. The fourth-order valence-electron chi connectivity index (χ4n) is 4.26. The minimum absolute atomic E-state index is 0.0340. The Bertz CT molecular complexity index is 990. The van der Waals surface area contributed by atoms with Gasteiger partial charge in [0.05, 0.1) is 4.92 Å². The zero-order valence-electron chi connectivity index (χ0n) is 19.7. The van der Waals surface area contributed by atoms with Crippen LogP contribution in [0.2, 0.25) is 0 Å². The molecule has 1 heterocycles. The molecule has 3 rings (SSSR count). The molecule has 1 saturated heterocycles.